The molecule has 0 amide bonds. The highest BCUT2D eigenvalue weighted by Crippen LogP contribution is 2.57. The normalized spacial score (nSPS) is 13.9. The van der Waals surface area contributed by atoms with Crippen LogP contribution in [-0.2, 0) is 5.41 Å². The first kappa shape index (κ1) is 25.3. The van der Waals surface area contributed by atoms with Gasteiger partial charge >= 0.3 is 0 Å². The van der Waals surface area contributed by atoms with Crippen molar-refractivity contribution in [2.75, 3.05) is 4.90 Å². The number of hydrogen-bond donors (Lipinski definition) is 0. The molecule has 2 heteroatoms. The van der Waals surface area contributed by atoms with E-state index in [4.69, 9.17) is 4.42 Å². The zero-order valence-electron chi connectivity index (χ0n) is 26.1. The van der Waals surface area contributed by atoms with E-state index in [1.807, 2.05) is 6.07 Å². The van der Waals surface area contributed by atoms with Crippen LogP contribution in [0.4, 0.5) is 17.1 Å². The van der Waals surface area contributed by atoms with Crippen LogP contribution < -0.4 is 4.90 Å². The highest BCUT2D eigenvalue weighted by molar-refractivity contribution is 6.42. The van der Waals surface area contributed by atoms with Crippen LogP contribution in [0.25, 0.3) is 75.8 Å². The summed E-state index contributed by atoms with van der Waals surface area (Å²) in [5.41, 5.74) is 7.91. The Hall–Kier alpha value is -5.86. The highest BCUT2D eigenvalue weighted by Gasteiger charge is 2.35. The minimum absolute atomic E-state index is 0.160. The van der Waals surface area contributed by atoms with Crippen molar-refractivity contribution in [2.45, 2.75) is 19.3 Å². The molecule has 0 atom stereocenters. The summed E-state index contributed by atoms with van der Waals surface area (Å²) in [6.07, 6.45) is 0. The molecule has 0 spiro atoms. The quantitative estimate of drug-likeness (QED) is 0.148. The molecule has 0 bridgehead atoms. The average Bonchev–Trinajstić information content (AvgIpc) is 3.48. The van der Waals surface area contributed by atoms with Gasteiger partial charge in [0.1, 0.15) is 11.2 Å². The van der Waals surface area contributed by atoms with Crippen molar-refractivity contribution in [1.29, 1.82) is 0 Å². The molecule has 0 saturated carbocycles. The molecule has 9 aromatic carbocycles. The van der Waals surface area contributed by atoms with Crippen molar-refractivity contribution >= 4 is 92.9 Å². The van der Waals surface area contributed by atoms with Gasteiger partial charge < -0.3 is 9.32 Å². The van der Waals surface area contributed by atoms with Gasteiger partial charge in [0, 0.05) is 43.7 Å². The maximum atomic E-state index is 6.28. The summed E-state index contributed by atoms with van der Waals surface area (Å²) in [6, 6.07) is 51.3. The molecule has 0 aliphatic heterocycles. The van der Waals surface area contributed by atoms with Crippen LogP contribution in [0.15, 0.2) is 144 Å². The van der Waals surface area contributed by atoms with Crippen molar-refractivity contribution in [3.05, 3.63) is 151 Å². The molecule has 1 aliphatic carbocycles. The lowest BCUT2D eigenvalue weighted by molar-refractivity contribution is 0.652. The average molecular weight is 600 g/mol. The van der Waals surface area contributed by atoms with Crippen molar-refractivity contribution in [3.63, 3.8) is 0 Å². The van der Waals surface area contributed by atoms with E-state index in [2.05, 4.69) is 152 Å². The van der Waals surface area contributed by atoms with Crippen molar-refractivity contribution in [2.24, 2.45) is 0 Å². The number of furan rings is 1. The van der Waals surface area contributed by atoms with E-state index in [1.54, 1.807) is 0 Å². The van der Waals surface area contributed by atoms with Gasteiger partial charge in [-0.3, -0.25) is 0 Å². The summed E-state index contributed by atoms with van der Waals surface area (Å²) < 4.78 is 6.28. The number of benzene rings is 9. The second kappa shape index (κ2) is 8.69. The fourth-order valence-electron chi connectivity index (χ4n) is 8.91. The molecule has 10 aromatic rings. The van der Waals surface area contributed by atoms with Crippen molar-refractivity contribution in [3.8, 4) is 0 Å². The van der Waals surface area contributed by atoms with Crippen LogP contribution in [0, 0.1) is 0 Å². The van der Waals surface area contributed by atoms with Gasteiger partial charge in [-0.15, -0.1) is 0 Å². The molecular formula is C45H29NO. The molecule has 1 aliphatic rings. The lowest BCUT2D eigenvalue weighted by Crippen LogP contribution is -2.23. The molecule has 220 valence electrons. The van der Waals surface area contributed by atoms with Gasteiger partial charge in [0.05, 0.1) is 5.69 Å². The fraction of sp³-hybridized carbons (Fsp3) is 0.0667. The van der Waals surface area contributed by atoms with Crippen LogP contribution in [0.1, 0.15) is 25.0 Å². The van der Waals surface area contributed by atoms with Gasteiger partial charge in [0.25, 0.3) is 0 Å². The molecule has 1 heterocycles. The minimum Gasteiger partial charge on any atom is -0.456 e. The van der Waals surface area contributed by atoms with Gasteiger partial charge in [-0.1, -0.05) is 117 Å². The van der Waals surface area contributed by atoms with Crippen molar-refractivity contribution < 1.29 is 4.42 Å². The number of para-hydroxylation sites is 2. The summed E-state index contributed by atoms with van der Waals surface area (Å²) in [5.74, 6) is 0. The second-order valence-corrected chi connectivity index (χ2v) is 13.6. The van der Waals surface area contributed by atoms with Gasteiger partial charge in [-0.2, -0.15) is 0 Å². The van der Waals surface area contributed by atoms with Gasteiger partial charge in [-0.25, -0.2) is 0 Å². The summed E-state index contributed by atoms with van der Waals surface area (Å²) in [4.78, 5) is 2.48. The Kier molecular flexibility index (Phi) is 4.68. The monoisotopic (exact) mass is 599 g/mol. The first-order valence-corrected chi connectivity index (χ1v) is 16.4. The Balaban J connectivity index is 1.38. The molecular weight excluding hydrogens is 571 g/mol. The van der Waals surface area contributed by atoms with Crippen LogP contribution in [0.3, 0.4) is 0 Å². The van der Waals surface area contributed by atoms with Gasteiger partial charge in [-0.05, 0) is 85.2 Å². The largest absolute Gasteiger partial charge is 0.456 e. The fourth-order valence-corrected chi connectivity index (χ4v) is 8.91. The smallest absolute Gasteiger partial charge is 0.135 e. The Morgan fingerprint density at radius 2 is 1.09 bits per heavy atom. The maximum absolute atomic E-state index is 6.28. The Labute approximate surface area is 271 Å². The number of rotatable bonds is 3. The summed E-state index contributed by atoms with van der Waals surface area (Å²) in [5, 5.41) is 15.7. The van der Waals surface area contributed by atoms with Crippen LogP contribution in [-0.4, -0.2) is 0 Å². The molecule has 1 aromatic heterocycles. The van der Waals surface area contributed by atoms with E-state index in [0.29, 0.717) is 0 Å². The molecule has 0 radical (unpaired) electrons. The lowest BCUT2D eigenvalue weighted by atomic mass is 9.68. The maximum Gasteiger partial charge on any atom is 0.135 e. The lowest BCUT2D eigenvalue weighted by Gasteiger charge is -2.37. The van der Waals surface area contributed by atoms with Crippen LogP contribution in [0.2, 0.25) is 0 Å². The molecule has 0 saturated heterocycles. The molecule has 47 heavy (non-hydrogen) atoms. The highest BCUT2D eigenvalue weighted by atomic mass is 16.3. The Morgan fingerprint density at radius 1 is 0.426 bits per heavy atom. The van der Waals surface area contributed by atoms with E-state index >= 15 is 0 Å². The van der Waals surface area contributed by atoms with Gasteiger partial charge in [0.15, 0.2) is 0 Å². The van der Waals surface area contributed by atoms with E-state index in [9.17, 15) is 0 Å². The number of nitrogens with zero attached hydrogens (tertiary/aromatic N) is 1. The molecule has 0 N–H and O–H groups in total. The second-order valence-electron chi connectivity index (χ2n) is 13.6. The third kappa shape index (κ3) is 3.10. The Bertz CT molecular complexity index is 2930. The first-order valence-electron chi connectivity index (χ1n) is 16.4. The number of hydrogen-bond acceptors (Lipinski definition) is 2. The van der Waals surface area contributed by atoms with E-state index in [-0.39, 0.29) is 5.41 Å². The molecule has 2 nitrogen and oxygen atoms in total. The van der Waals surface area contributed by atoms with Crippen LogP contribution in [0.5, 0.6) is 0 Å². The predicted octanol–water partition coefficient (Wildman–Crippen LogP) is 12.9. The topological polar surface area (TPSA) is 16.4 Å². The van der Waals surface area contributed by atoms with Crippen molar-refractivity contribution in [1.82, 2.24) is 0 Å². The summed E-state index contributed by atoms with van der Waals surface area (Å²) in [7, 11) is 0. The molecule has 0 unspecified atom stereocenters. The van der Waals surface area contributed by atoms with E-state index in [1.165, 1.54) is 70.7 Å². The number of fused-ring (bicyclic) bond motifs is 4. The van der Waals surface area contributed by atoms with Gasteiger partial charge in [0.2, 0.25) is 0 Å². The standard InChI is InChI=1S/C45H29NO/c1-45(2)35-19-10-18-33-41(35)43-40-31(30-15-8-11-26-21-23-36(45)42(43)39(26)30)16-9-17-32(40)44(33)46(27-12-4-3-5-13-27)28-22-24-38-34(25-28)29-14-6-7-20-37(29)47-38/h3-25H,1-2H3. The molecule has 11 rings (SSSR count). The third-order valence-corrected chi connectivity index (χ3v) is 10.9. The zero-order valence-corrected chi connectivity index (χ0v) is 26.1. The SMILES string of the molecule is CC1(C)c2cccc3c(N(c4ccccc4)c4ccc5oc6ccccc6c5c4)c4cccc5c6cccc7ccc1c(c76)c(c23)c45. The Morgan fingerprint density at radius 3 is 1.96 bits per heavy atom. The number of anilines is 3. The molecule has 0 fully saturated rings. The third-order valence-electron chi connectivity index (χ3n) is 10.9. The van der Waals surface area contributed by atoms with E-state index in [0.717, 1.165) is 33.3 Å². The predicted molar refractivity (Wildman–Crippen MR) is 199 cm³/mol. The summed E-state index contributed by atoms with van der Waals surface area (Å²) >= 11 is 0. The van der Waals surface area contributed by atoms with E-state index < -0.39 is 0 Å². The first-order chi connectivity index (χ1) is 23.1. The minimum atomic E-state index is -0.160. The zero-order chi connectivity index (χ0) is 31.0. The summed E-state index contributed by atoms with van der Waals surface area (Å²) in [6.45, 7) is 4.81. The van der Waals surface area contributed by atoms with Crippen LogP contribution >= 0.6 is 0 Å².